The number of ketones is 3. The van der Waals surface area contributed by atoms with Crippen molar-refractivity contribution in [3.8, 4) is 17.2 Å². The fourth-order valence-electron chi connectivity index (χ4n) is 5.73. The quantitative estimate of drug-likeness (QED) is 0.195. The Morgan fingerprint density at radius 1 is 1.18 bits per heavy atom. The minimum Gasteiger partial charge on any atom is -0.507 e. The number of alkyl halides is 1. The number of carbonyl (C=O) groups excluding carboxylic acids is 3. The van der Waals surface area contributed by atoms with Gasteiger partial charge in [0.2, 0.25) is 5.78 Å². The van der Waals surface area contributed by atoms with E-state index in [1.165, 1.54) is 25.3 Å². The van der Waals surface area contributed by atoms with Gasteiger partial charge >= 0.3 is 0 Å². The van der Waals surface area contributed by atoms with Crippen molar-refractivity contribution in [2.45, 2.75) is 62.4 Å². The molecular weight excluding hydrogens is 658 g/mol. The van der Waals surface area contributed by atoms with Crippen LogP contribution in [0.3, 0.4) is 0 Å². The van der Waals surface area contributed by atoms with Crippen LogP contribution >= 0.6 is 32.9 Å². The molecule has 1 fully saturated rings. The van der Waals surface area contributed by atoms with E-state index in [9.17, 15) is 34.8 Å². The van der Waals surface area contributed by atoms with Gasteiger partial charge in [-0.05, 0) is 13.0 Å². The number of ether oxygens (including phenoxy) is 3. The van der Waals surface area contributed by atoms with Gasteiger partial charge in [-0.3, -0.25) is 14.4 Å². The third-order valence-corrected chi connectivity index (χ3v) is 8.29. The molecule has 4 unspecified atom stereocenters. The Hall–Kier alpha value is -2.39. The number of aromatic hydroxyl groups is 2. The van der Waals surface area contributed by atoms with Crippen molar-refractivity contribution in [2.75, 3.05) is 12.4 Å². The van der Waals surface area contributed by atoms with Crippen LogP contribution < -0.4 is 10.5 Å². The summed E-state index contributed by atoms with van der Waals surface area (Å²) in [5, 5.41) is 44.2. The Labute approximate surface area is 248 Å². The molecule has 40 heavy (non-hydrogen) atoms. The molecular formula is C27H29Br2NO10. The van der Waals surface area contributed by atoms with E-state index in [-0.39, 0.29) is 63.2 Å². The molecule has 11 nitrogen and oxygen atoms in total. The highest BCUT2D eigenvalue weighted by Crippen LogP contribution is 2.52. The fourth-order valence-corrected chi connectivity index (χ4v) is 6.25. The third-order valence-electron chi connectivity index (χ3n) is 7.78. The van der Waals surface area contributed by atoms with Crippen LogP contribution in [0.5, 0.6) is 17.2 Å². The Morgan fingerprint density at radius 3 is 2.48 bits per heavy atom. The normalized spacial score (nSPS) is 29.1. The van der Waals surface area contributed by atoms with E-state index in [2.05, 4.69) is 15.9 Å². The summed E-state index contributed by atoms with van der Waals surface area (Å²) in [5.41, 5.74) is 2.91. The van der Waals surface area contributed by atoms with E-state index in [4.69, 9.17) is 19.9 Å². The zero-order valence-electron chi connectivity index (χ0n) is 21.5. The van der Waals surface area contributed by atoms with Gasteiger partial charge in [0, 0.05) is 42.0 Å². The van der Waals surface area contributed by atoms with Gasteiger partial charge in [0.15, 0.2) is 17.9 Å². The minimum absolute atomic E-state index is 0. The monoisotopic (exact) mass is 685 g/mol. The average Bonchev–Trinajstić information content (AvgIpc) is 2.90. The molecule has 0 bridgehead atoms. The Bertz CT molecular complexity index is 1390. The lowest BCUT2D eigenvalue weighted by atomic mass is 9.72. The van der Waals surface area contributed by atoms with E-state index < -0.39 is 82.6 Å². The number of carbonyl (C=O) groups is 3. The van der Waals surface area contributed by atoms with Crippen molar-refractivity contribution >= 4 is 50.3 Å². The van der Waals surface area contributed by atoms with Gasteiger partial charge in [0.25, 0.3) is 0 Å². The SMILES string of the molecule is Br.COc1cccc2c1C(=O)c1c(O)c3c(c(O)c1C2=O)C[C@@](O)(C(=O)CBr)C[C@@H]3OC1CC(N)C(O)C(C)O1. The van der Waals surface area contributed by atoms with E-state index in [1.807, 2.05) is 0 Å². The van der Waals surface area contributed by atoms with Crippen LogP contribution in [0.4, 0.5) is 0 Å². The van der Waals surface area contributed by atoms with Crippen LogP contribution in [0.15, 0.2) is 18.2 Å². The second kappa shape index (κ2) is 11.1. The second-order valence-corrected chi connectivity index (χ2v) is 10.7. The molecule has 3 aliphatic rings. The minimum atomic E-state index is -2.04. The summed E-state index contributed by atoms with van der Waals surface area (Å²) in [4.78, 5) is 40.0. The molecule has 1 heterocycles. The van der Waals surface area contributed by atoms with Crippen molar-refractivity contribution < 1.29 is 49.0 Å². The van der Waals surface area contributed by atoms with E-state index >= 15 is 0 Å². The van der Waals surface area contributed by atoms with Crippen molar-refractivity contribution in [3.05, 3.63) is 51.6 Å². The number of phenolic OH excluding ortho intramolecular Hbond substituents is 2. The van der Waals surface area contributed by atoms with Crippen LogP contribution in [-0.2, 0) is 20.7 Å². The number of methoxy groups -OCH3 is 1. The molecule has 6 atom stereocenters. The standard InChI is InChI=1S/C27H28BrNO10.BrH/c1-10-22(31)13(29)6-17(38-10)39-15-8-27(36,16(30)9-28)7-12-19(15)26(35)21-20(24(12)33)23(32)11-4-3-5-14(37-2)18(11)25(21)34;/h3-5,10,13,15,17,22,31,33,35-36H,6-9,29H2,1-2H3;1H/t10?,13?,15-,17?,22?,27-;/m0./s1. The lowest BCUT2D eigenvalue weighted by Gasteiger charge is -2.42. The lowest BCUT2D eigenvalue weighted by Crippen LogP contribution is -2.52. The molecule has 2 aliphatic carbocycles. The fraction of sp³-hybridized carbons (Fsp3) is 0.444. The van der Waals surface area contributed by atoms with E-state index in [0.717, 1.165) is 0 Å². The number of Topliss-reactive ketones (excluding diaryl/α,β-unsaturated/α-hetero) is 1. The maximum atomic E-state index is 13.7. The molecule has 0 radical (unpaired) electrons. The number of aliphatic hydroxyl groups is 2. The summed E-state index contributed by atoms with van der Waals surface area (Å²) in [7, 11) is 1.34. The first-order valence-electron chi connectivity index (χ1n) is 12.4. The zero-order valence-corrected chi connectivity index (χ0v) is 24.8. The van der Waals surface area contributed by atoms with Crippen LogP contribution in [0.2, 0.25) is 0 Å². The van der Waals surface area contributed by atoms with Gasteiger partial charge in [0.1, 0.15) is 22.8 Å². The van der Waals surface area contributed by atoms with Crippen molar-refractivity contribution in [3.63, 3.8) is 0 Å². The zero-order chi connectivity index (χ0) is 28.4. The number of benzene rings is 2. The third kappa shape index (κ3) is 4.67. The molecule has 5 rings (SSSR count). The number of rotatable bonds is 5. The highest BCUT2D eigenvalue weighted by Gasteiger charge is 2.50. The maximum absolute atomic E-state index is 13.7. The van der Waals surface area contributed by atoms with Gasteiger partial charge in [-0.2, -0.15) is 0 Å². The van der Waals surface area contributed by atoms with Crippen LogP contribution in [-0.4, -0.2) is 80.4 Å². The van der Waals surface area contributed by atoms with Crippen LogP contribution in [0.25, 0.3) is 0 Å². The van der Waals surface area contributed by atoms with Gasteiger partial charge < -0.3 is 40.4 Å². The highest BCUT2D eigenvalue weighted by atomic mass is 79.9. The molecule has 2 aromatic rings. The first-order valence-corrected chi connectivity index (χ1v) is 13.5. The largest absolute Gasteiger partial charge is 0.507 e. The van der Waals surface area contributed by atoms with Crippen LogP contribution in [0.1, 0.15) is 68.8 Å². The molecule has 2 aromatic carbocycles. The smallest absolute Gasteiger partial charge is 0.202 e. The molecule has 13 heteroatoms. The number of aliphatic hydroxyl groups excluding tert-OH is 1. The Kier molecular flexibility index (Phi) is 8.50. The van der Waals surface area contributed by atoms with Gasteiger partial charge in [0.05, 0.1) is 47.4 Å². The van der Waals surface area contributed by atoms with E-state index in [0.29, 0.717) is 0 Å². The summed E-state index contributed by atoms with van der Waals surface area (Å²) < 4.78 is 17.1. The maximum Gasteiger partial charge on any atom is 0.202 e. The summed E-state index contributed by atoms with van der Waals surface area (Å²) >= 11 is 3.07. The summed E-state index contributed by atoms with van der Waals surface area (Å²) in [6, 6.07) is 3.74. The molecule has 216 valence electrons. The molecule has 6 N–H and O–H groups in total. The van der Waals surface area contributed by atoms with Crippen molar-refractivity contribution in [1.82, 2.24) is 0 Å². The number of nitrogens with two attached hydrogens (primary N) is 1. The molecule has 1 saturated heterocycles. The topological polar surface area (TPSA) is 186 Å². The van der Waals surface area contributed by atoms with Crippen molar-refractivity contribution in [2.24, 2.45) is 5.73 Å². The second-order valence-electron chi connectivity index (χ2n) is 10.1. The predicted octanol–water partition coefficient (Wildman–Crippen LogP) is 1.98. The first kappa shape index (κ1) is 30.6. The summed E-state index contributed by atoms with van der Waals surface area (Å²) in [6.07, 6.45) is -4.62. The summed E-state index contributed by atoms with van der Waals surface area (Å²) in [6.45, 7) is 1.61. The first-order chi connectivity index (χ1) is 18.4. The molecule has 0 amide bonds. The average molecular weight is 687 g/mol. The highest BCUT2D eigenvalue weighted by molar-refractivity contribution is 9.09. The molecule has 0 aromatic heterocycles. The van der Waals surface area contributed by atoms with Crippen molar-refractivity contribution in [1.29, 1.82) is 0 Å². The lowest BCUT2D eigenvalue weighted by molar-refractivity contribution is -0.247. The van der Waals surface area contributed by atoms with Crippen LogP contribution in [0, 0.1) is 0 Å². The summed E-state index contributed by atoms with van der Waals surface area (Å²) in [5.74, 6) is -3.20. The molecule has 1 aliphatic heterocycles. The molecule has 0 spiro atoms. The van der Waals surface area contributed by atoms with E-state index in [1.54, 1.807) is 6.92 Å². The van der Waals surface area contributed by atoms with Gasteiger partial charge in [-0.1, -0.05) is 28.1 Å². The molecule has 0 saturated carbocycles. The number of fused-ring (bicyclic) bond motifs is 3. The predicted molar refractivity (Wildman–Crippen MR) is 149 cm³/mol. The Balaban J connectivity index is 0.00000370. The van der Waals surface area contributed by atoms with Gasteiger partial charge in [-0.25, -0.2) is 0 Å². The number of hydrogen-bond donors (Lipinski definition) is 5. The van der Waals surface area contributed by atoms with Gasteiger partial charge in [-0.15, -0.1) is 17.0 Å². The Morgan fingerprint density at radius 2 is 1.85 bits per heavy atom. The number of hydrogen-bond acceptors (Lipinski definition) is 11. The number of phenols is 2. The number of halogens is 2.